The largest absolute Gasteiger partial charge is 0.467 e. The normalized spacial score (nSPS) is 20.7. The summed E-state index contributed by atoms with van der Waals surface area (Å²) in [5.74, 6) is 1.71. The maximum absolute atomic E-state index is 13.5. The molecule has 2 unspecified atom stereocenters. The molecule has 9 heteroatoms. The number of carbonyl (C=O) groups is 1. The van der Waals surface area contributed by atoms with Crippen LogP contribution in [0.25, 0.3) is 11.8 Å². The van der Waals surface area contributed by atoms with Crippen LogP contribution in [0, 0.1) is 5.92 Å². The van der Waals surface area contributed by atoms with Gasteiger partial charge in [-0.05, 0) is 67.3 Å². The average Bonchev–Trinajstić information content (AvgIpc) is 3.69. The van der Waals surface area contributed by atoms with Crippen molar-refractivity contribution < 1.29 is 13.6 Å². The van der Waals surface area contributed by atoms with Crippen molar-refractivity contribution in [1.82, 2.24) is 19.8 Å². The Morgan fingerprint density at radius 2 is 1.94 bits per heavy atom. The molecule has 0 spiro atoms. The summed E-state index contributed by atoms with van der Waals surface area (Å²) in [7, 11) is 0. The first-order valence-electron chi connectivity index (χ1n) is 11.5. The van der Waals surface area contributed by atoms with Gasteiger partial charge in [-0.1, -0.05) is 30.0 Å². The van der Waals surface area contributed by atoms with Crippen molar-refractivity contribution in [3.63, 3.8) is 0 Å². The summed E-state index contributed by atoms with van der Waals surface area (Å²) >= 11 is 1.35. The third kappa shape index (κ3) is 4.23. The van der Waals surface area contributed by atoms with Gasteiger partial charge in [0.25, 0.3) is 5.91 Å². The van der Waals surface area contributed by atoms with Gasteiger partial charge in [-0.25, -0.2) is 5.01 Å². The van der Waals surface area contributed by atoms with Crippen LogP contribution >= 0.6 is 11.8 Å². The Morgan fingerprint density at radius 3 is 2.74 bits per heavy atom. The topological polar surface area (TPSA) is 89.7 Å². The molecule has 1 amide bonds. The van der Waals surface area contributed by atoms with Gasteiger partial charge in [-0.3, -0.25) is 9.36 Å². The molecular formula is C26H23N5O3S. The Bertz CT molecular complexity index is 1360. The second-order valence-corrected chi connectivity index (χ2v) is 9.42. The van der Waals surface area contributed by atoms with E-state index in [2.05, 4.69) is 10.2 Å². The fourth-order valence-corrected chi connectivity index (χ4v) is 5.55. The van der Waals surface area contributed by atoms with Crippen LogP contribution < -0.4 is 0 Å². The minimum Gasteiger partial charge on any atom is -0.467 e. The van der Waals surface area contributed by atoms with E-state index in [1.807, 2.05) is 65.2 Å². The summed E-state index contributed by atoms with van der Waals surface area (Å²) in [6, 6.07) is 17.1. The number of para-hydroxylation sites is 1. The number of amides is 1. The Hall–Kier alpha value is -3.85. The summed E-state index contributed by atoms with van der Waals surface area (Å²) in [6.45, 7) is 0. The number of fused-ring (bicyclic) bond motifs is 1. The first-order chi connectivity index (χ1) is 17.3. The molecule has 1 aliphatic carbocycles. The first kappa shape index (κ1) is 21.7. The number of hydrogen-bond acceptors (Lipinski definition) is 7. The van der Waals surface area contributed by atoms with Gasteiger partial charge in [-0.15, -0.1) is 10.2 Å². The van der Waals surface area contributed by atoms with Crippen molar-refractivity contribution in [1.29, 1.82) is 0 Å². The number of thioether (sulfide) groups is 1. The number of rotatable bonds is 6. The molecule has 0 bridgehead atoms. The highest BCUT2D eigenvalue weighted by Gasteiger charge is 2.45. The molecule has 1 aliphatic heterocycles. The molecule has 1 saturated carbocycles. The highest BCUT2D eigenvalue weighted by Crippen LogP contribution is 2.44. The van der Waals surface area contributed by atoms with Gasteiger partial charge in [0.05, 0.1) is 24.0 Å². The molecule has 2 atom stereocenters. The molecule has 35 heavy (non-hydrogen) atoms. The molecule has 2 aliphatic rings. The van der Waals surface area contributed by atoms with E-state index in [1.165, 1.54) is 11.8 Å². The van der Waals surface area contributed by atoms with Crippen LogP contribution in [-0.2, 0) is 4.79 Å². The molecule has 4 aromatic rings. The number of carbonyl (C=O) groups excluding carboxylic acids is 1. The first-order valence-corrected chi connectivity index (χ1v) is 12.5. The molecule has 1 aromatic carbocycles. The number of hydrogen-bond donors (Lipinski definition) is 0. The molecular weight excluding hydrogens is 462 g/mol. The standard InChI is InChI=1S/C26H23N5O3S/c32-23(16-35-26-28-27-17-30(26)19-8-2-1-3-9-19)31-25(22-12-6-14-34-22)21-11-4-7-18(24(21)29-31)15-20-10-5-13-33-20/h1-3,5-6,8-10,12-15,17,21,25H,4,7,11,16H2. The Kier molecular flexibility index (Phi) is 5.83. The number of benzene rings is 1. The lowest BCUT2D eigenvalue weighted by atomic mass is 9.79. The van der Waals surface area contributed by atoms with Gasteiger partial charge in [0, 0.05) is 11.6 Å². The predicted octanol–water partition coefficient (Wildman–Crippen LogP) is 5.37. The van der Waals surface area contributed by atoms with E-state index < -0.39 is 0 Å². The van der Waals surface area contributed by atoms with Crippen LogP contribution in [0.15, 0.2) is 98.1 Å². The van der Waals surface area contributed by atoms with Gasteiger partial charge in [0.1, 0.15) is 23.9 Å². The third-order valence-corrected chi connectivity index (χ3v) is 7.25. The van der Waals surface area contributed by atoms with Gasteiger partial charge in [0.2, 0.25) is 0 Å². The molecule has 4 heterocycles. The van der Waals surface area contributed by atoms with Crippen molar-refractivity contribution in [2.24, 2.45) is 11.0 Å². The zero-order valence-electron chi connectivity index (χ0n) is 18.9. The maximum atomic E-state index is 13.5. The van der Waals surface area contributed by atoms with Crippen LogP contribution in [0.2, 0.25) is 0 Å². The number of nitrogens with zero attached hydrogens (tertiary/aromatic N) is 5. The average molecular weight is 486 g/mol. The van der Waals surface area contributed by atoms with E-state index in [0.29, 0.717) is 5.16 Å². The summed E-state index contributed by atoms with van der Waals surface area (Å²) < 4.78 is 13.2. The van der Waals surface area contributed by atoms with Crippen LogP contribution in [0.3, 0.4) is 0 Å². The summed E-state index contributed by atoms with van der Waals surface area (Å²) in [6.07, 6.45) is 9.87. The summed E-state index contributed by atoms with van der Waals surface area (Å²) in [5.41, 5.74) is 3.00. The molecule has 0 N–H and O–H groups in total. The number of furan rings is 2. The lowest BCUT2D eigenvalue weighted by molar-refractivity contribution is -0.131. The van der Waals surface area contributed by atoms with Crippen LogP contribution in [0.4, 0.5) is 0 Å². The SMILES string of the molecule is O=C(CSc1nncn1-c1ccccc1)N1N=C2C(=Cc3ccco3)CCCC2C1c1ccco1. The smallest absolute Gasteiger partial charge is 0.253 e. The molecule has 8 nitrogen and oxygen atoms in total. The maximum Gasteiger partial charge on any atom is 0.253 e. The van der Waals surface area contributed by atoms with Crippen molar-refractivity contribution in [2.75, 3.05) is 5.75 Å². The van der Waals surface area contributed by atoms with E-state index >= 15 is 0 Å². The van der Waals surface area contributed by atoms with Gasteiger partial charge in [0.15, 0.2) is 5.16 Å². The monoisotopic (exact) mass is 485 g/mol. The minimum atomic E-state index is -0.264. The van der Waals surface area contributed by atoms with E-state index in [-0.39, 0.29) is 23.6 Å². The quantitative estimate of drug-likeness (QED) is 0.341. The molecule has 6 rings (SSSR count). The third-order valence-electron chi connectivity index (χ3n) is 6.33. The molecule has 1 fully saturated rings. The van der Waals surface area contributed by atoms with Crippen molar-refractivity contribution in [2.45, 2.75) is 30.5 Å². The minimum absolute atomic E-state index is 0.0815. The Balaban J connectivity index is 1.27. The zero-order chi connectivity index (χ0) is 23.6. The second-order valence-electron chi connectivity index (χ2n) is 8.48. The molecule has 0 saturated heterocycles. The highest BCUT2D eigenvalue weighted by atomic mass is 32.2. The van der Waals surface area contributed by atoms with Gasteiger partial charge in [-0.2, -0.15) is 5.10 Å². The van der Waals surface area contributed by atoms with Crippen LogP contribution in [0.5, 0.6) is 0 Å². The Morgan fingerprint density at radius 1 is 1.09 bits per heavy atom. The van der Waals surface area contributed by atoms with Crippen molar-refractivity contribution >= 4 is 29.5 Å². The zero-order valence-corrected chi connectivity index (χ0v) is 19.7. The van der Waals surface area contributed by atoms with Gasteiger partial charge >= 0.3 is 0 Å². The van der Waals surface area contributed by atoms with E-state index in [0.717, 1.165) is 47.8 Å². The summed E-state index contributed by atoms with van der Waals surface area (Å²) in [4.78, 5) is 13.5. The molecule has 176 valence electrons. The lowest BCUT2D eigenvalue weighted by Gasteiger charge is -2.27. The second kappa shape index (κ2) is 9.42. The van der Waals surface area contributed by atoms with Crippen molar-refractivity contribution in [3.05, 3.63) is 90.5 Å². The Labute approximate surface area is 206 Å². The predicted molar refractivity (Wildman–Crippen MR) is 132 cm³/mol. The number of hydrazone groups is 1. The highest BCUT2D eigenvalue weighted by molar-refractivity contribution is 7.99. The summed E-state index contributed by atoms with van der Waals surface area (Å²) in [5, 5.41) is 15.4. The lowest BCUT2D eigenvalue weighted by Crippen LogP contribution is -2.32. The van der Waals surface area contributed by atoms with Crippen LogP contribution in [-0.4, -0.2) is 37.1 Å². The van der Waals surface area contributed by atoms with E-state index in [4.69, 9.17) is 13.9 Å². The van der Waals surface area contributed by atoms with E-state index in [9.17, 15) is 4.79 Å². The van der Waals surface area contributed by atoms with Crippen LogP contribution in [0.1, 0.15) is 36.8 Å². The molecule has 3 aromatic heterocycles. The fourth-order valence-electron chi connectivity index (χ4n) is 4.77. The molecule has 0 radical (unpaired) electrons. The van der Waals surface area contributed by atoms with Crippen molar-refractivity contribution in [3.8, 4) is 5.69 Å². The number of aromatic nitrogens is 3. The van der Waals surface area contributed by atoms with E-state index in [1.54, 1.807) is 23.9 Å². The van der Waals surface area contributed by atoms with Gasteiger partial charge < -0.3 is 8.83 Å². The number of allylic oxidation sites excluding steroid dienone is 1. The fraction of sp³-hybridized carbons (Fsp3) is 0.231.